The van der Waals surface area contributed by atoms with E-state index in [1.54, 1.807) is 6.07 Å². The molecule has 1 atom stereocenters. The van der Waals surface area contributed by atoms with E-state index in [-0.39, 0.29) is 16.7 Å². The second kappa shape index (κ2) is 6.47. The summed E-state index contributed by atoms with van der Waals surface area (Å²) in [7, 11) is 0. The number of carboxylic acid groups (broad SMARTS) is 1. The van der Waals surface area contributed by atoms with Crippen LogP contribution >= 0.6 is 11.6 Å². The first-order chi connectivity index (χ1) is 8.04. The van der Waals surface area contributed by atoms with Crippen LogP contribution in [0.2, 0.25) is 5.02 Å². The zero-order chi connectivity index (χ0) is 12.8. The third-order valence-corrected chi connectivity index (χ3v) is 2.36. The topological polar surface area (TPSA) is 55.8 Å². The van der Waals surface area contributed by atoms with Crippen molar-refractivity contribution in [2.45, 2.75) is 20.0 Å². The Labute approximate surface area is 105 Å². The number of aromatic carboxylic acids is 1. The maximum atomic E-state index is 10.7. The normalized spacial score (nSPS) is 12.2. The molecule has 1 unspecified atom stereocenters. The van der Waals surface area contributed by atoms with Gasteiger partial charge in [0.15, 0.2) is 0 Å². The molecule has 1 aromatic rings. The maximum Gasteiger partial charge on any atom is 0.335 e. The Morgan fingerprint density at radius 2 is 2.24 bits per heavy atom. The number of rotatable bonds is 6. The van der Waals surface area contributed by atoms with Crippen molar-refractivity contribution >= 4 is 17.6 Å². The molecule has 0 aliphatic carbocycles. The Kier molecular flexibility index (Phi) is 5.25. The van der Waals surface area contributed by atoms with Crippen LogP contribution in [0, 0.1) is 0 Å². The lowest BCUT2D eigenvalue weighted by atomic mass is 10.2. The minimum atomic E-state index is -1.01. The number of halogens is 1. The van der Waals surface area contributed by atoms with Gasteiger partial charge in [0.05, 0.1) is 17.2 Å². The zero-order valence-corrected chi connectivity index (χ0v) is 10.5. The molecule has 0 saturated heterocycles. The van der Waals surface area contributed by atoms with E-state index in [2.05, 4.69) is 0 Å². The quantitative estimate of drug-likeness (QED) is 0.852. The third kappa shape index (κ3) is 4.24. The van der Waals surface area contributed by atoms with Crippen molar-refractivity contribution in [3.05, 3.63) is 28.8 Å². The van der Waals surface area contributed by atoms with E-state index < -0.39 is 5.97 Å². The highest BCUT2D eigenvalue weighted by Crippen LogP contribution is 2.26. The number of carboxylic acids is 1. The summed E-state index contributed by atoms with van der Waals surface area (Å²) in [5.41, 5.74) is 0.139. The fraction of sp³-hybridized carbons (Fsp3) is 0.417. The van der Waals surface area contributed by atoms with Gasteiger partial charge in [0.2, 0.25) is 0 Å². The van der Waals surface area contributed by atoms with Crippen LogP contribution < -0.4 is 4.74 Å². The molecule has 0 radical (unpaired) electrons. The smallest absolute Gasteiger partial charge is 0.335 e. The summed E-state index contributed by atoms with van der Waals surface area (Å²) in [6, 6.07) is 4.37. The summed E-state index contributed by atoms with van der Waals surface area (Å²) >= 11 is 5.92. The number of benzene rings is 1. The van der Waals surface area contributed by atoms with Crippen LogP contribution in [-0.2, 0) is 4.74 Å². The van der Waals surface area contributed by atoms with Gasteiger partial charge in [-0.25, -0.2) is 4.79 Å². The van der Waals surface area contributed by atoms with Crippen molar-refractivity contribution in [1.82, 2.24) is 0 Å². The molecule has 17 heavy (non-hydrogen) atoms. The lowest BCUT2D eigenvalue weighted by Gasteiger charge is -2.15. The molecule has 4 nitrogen and oxygen atoms in total. The van der Waals surface area contributed by atoms with Crippen molar-refractivity contribution in [3.63, 3.8) is 0 Å². The summed E-state index contributed by atoms with van der Waals surface area (Å²) in [5, 5.41) is 9.06. The minimum absolute atomic E-state index is 0.136. The molecule has 0 aromatic heterocycles. The van der Waals surface area contributed by atoms with Crippen molar-refractivity contribution in [2.75, 3.05) is 13.2 Å². The molecule has 0 saturated carbocycles. The maximum absolute atomic E-state index is 10.7. The molecule has 0 heterocycles. The van der Waals surface area contributed by atoms with Gasteiger partial charge in [0.1, 0.15) is 11.9 Å². The number of hydrogen-bond acceptors (Lipinski definition) is 3. The fourth-order valence-corrected chi connectivity index (χ4v) is 1.49. The molecule has 0 amide bonds. The van der Waals surface area contributed by atoms with Crippen LogP contribution in [0.1, 0.15) is 24.2 Å². The van der Waals surface area contributed by atoms with Crippen LogP contribution in [0.3, 0.4) is 0 Å². The number of carbonyl (C=O) groups is 1. The van der Waals surface area contributed by atoms with Gasteiger partial charge in [-0.3, -0.25) is 0 Å². The number of ether oxygens (including phenoxy) is 2. The van der Waals surface area contributed by atoms with Crippen molar-refractivity contribution in [1.29, 1.82) is 0 Å². The molecule has 1 aromatic carbocycles. The molecule has 5 heteroatoms. The summed E-state index contributed by atoms with van der Waals surface area (Å²) in [6.07, 6.45) is -0.136. The average Bonchev–Trinajstić information content (AvgIpc) is 2.28. The first-order valence-electron chi connectivity index (χ1n) is 5.31. The van der Waals surface area contributed by atoms with Gasteiger partial charge in [-0.05, 0) is 32.0 Å². The predicted molar refractivity (Wildman–Crippen MR) is 65.0 cm³/mol. The van der Waals surface area contributed by atoms with Crippen molar-refractivity contribution < 1.29 is 19.4 Å². The van der Waals surface area contributed by atoms with E-state index in [9.17, 15) is 4.79 Å². The first-order valence-corrected chi connectivity index (χ1v) is 5.69. The summed E-state index contributed by atoms with van der Waals surface area (Å²) in [5.74, 6) is -0.551. The van der Waals surface area contributed by atoms with E-state index in [0.29, 0.717) is 19.0 Å². The molecule has 0 spiro atoms. The van der Waals surface area contributed by atoms with Gasteiger partial charge in [0, 0.05) is 6.61 Å². The Hall–Kier alpha value is -1.26. The van der Waals surface area contributed by atoms with E-state index in [4.69, 9.17) is 26.2 Å². The third-order valence-electron chi connectivity index (χ3n) is 2.06. The summed E-state index contributed by atoms with van der Waals surface area (Å²) in [4.78, 5) is 10.7. The van der Waals surface area contributed by atoms with E-state index in [1.807, 2.05) is 13.8 Å². The lowest BCUT2D eigenvalue weighted by molar-refractivity contribution is 0.0656. The molecule has 94 valence electrons. The van der Waals surface area contributed by atoms with Gasteiger partial charge in [-0.1, -0.05) is 11.6 Å². The Morgan fingerprint density at radius 1 is 1.53 bits per heavy atom. The van der Waals surface area contributed by atoms with Gasteiger partial charge >= 0.3 is 5.97 Å². The molecular weight excluding hydrogens is 244 g/mol. The summed E-state index contributed by atoms with van der Waals surface area (Å²) < 4.78 is 10.7. The second-order valence-corrected chi connectivity index (χ2v) is 3.95. The van der Waals surface area contributed by atoms with E-state index in [0.717, 1.165) is 0 Å². The highest BCUT2D eigenvalue weighted by atomic mass is 35.5. The Bertz CT molecular complexity index is 392. The highest BCUT2D eigenvalue weighted by Gasteiger charge is 2.10. The Balaban J connectivity index is 2.69. The molecule has 1 N–H and O–H groups in total. The Morgan fingerprint density at radius 3 is 2.76 bits per heavy atom. The average molecular weight is 259 g/mol. The zero-order valence-electron chi connectivity index (χ0n) is 9.77. The predicted octanol–water partition coefficient (Wildman–Crippen LogP) is 2.84. The van der Waals surface area contributed by atoms with Gasteiger partial charge in [-0.15, -0.1) is 0 Å². The molecule has 0 aliphatic rings. The van der Waals surface area contributed by atoms with E-state index in [1.165, 1.54) is 12.1 Å². The van der Waals surface area contributed by atoms with Crippen molar-refractivity contribution in [3.8, 4) is 5.75 Å². The highest BCUT2D eigenvalue weighted by molar-refractivity contribution is 6.32. The molecule has 0 aliphatic heterocycles. The fourth-order valence-electron chi connectivity index (χ4n) is 1.26. The lowest BCUT2D eigenvalue weighted by Crippen LogP contribution is -2.19. The van der Waals surface area contributed by atoms with Crippen molar-refractivity contribution in [2.24, 2.45) is 0 Å². The standard InChI is InChI=1S/C12H15ClO4/c1-3-16-7-8(2)17-11-5-4-9(12(14)15)6-10(11)13/h4-6,8H,3,7H2,1-2H3,(H,14,15). The minimum Gasteiger partial charge on any atom is -0.487 e. The molecule has 0 bridgehead atoms. The second-order valence-electron chi connectivity index (χ2n) is 3.54. The van der Waals surface area contributed by atoms with Crippen LogP contribution in [0.4, 0.5) is 0 Å². The number of hydrogen-bond donors (Lipinski definition) is 1. The van der Waals surface area contributed by atoms with Crippen LogP contribution in [-0.4, -0.2) is 30.4 Å². The van der Waals surface area contributed by atoms with E-state index >= 15 is 0 Å². The molecular formula is C12H15ClO4. The van der Waals surface area contributed by atoms with Crippen LogP contribution in [0.25, 0.3) is 0 Å². The van der Waals surface area contributed by atoms with Gasteiger partial charge < -0.3 is 14.6 Å². The molecule has 0 fully saturated rings. The van der Waals surface area contributed by atoms with Gasteiger partial charge in [0.25, 0.3) is 0 Å². The SMILES string of the molecule is CCOCC(C)Oc1ccc(C(=O)O)cc1Cl. The van der Waals surface area contributed by atoms with Crippen LogP contribution in [0.5, 0.6) is 5.75 Å². The van der Waals surface area contributed by atoms with Crippen LogP contribution in [0.15, 0.2) is 18.2 Å². The largest absolute Gasteiger partial charge is 0.487 e. The monoisotopic (exact) mass is 258 g/mol. The first kappa shape index (κ1) is 13.8. The summed E-state index contributed by atoms with van der Waals surface area (Å²) in [6.45, 7) is 4.85. The van der Waals surface area contributed by atoms with Gasteiger partial charge in [-0.2, -0.15) is 0 Å². The molecule has 1 rings (SSSR count).